The smallest absolute Gasteiger partial charge is 0.228 e. The lowest BCUT2D eigenvalue weighted by molar-refractivity contribution is -0.115. The molecule has 5 nitrogen and oxygen atoms in total. The van der Waals surface area contributed by atoms with E-state index in [4.69, 9.17) is 11.6 Å². The third-order valence-corrected chi connectivity index (χ3v) is 7.77. The molecule has 1 aliphatic heterocycles. The number of carbonyl (C=O) groups is 1. The van der Waals surface area contributed by atoms with E-state index in [1.165, 1.54) is 11.1 Å². The van der Waals surface area contributed by atoms with Gasteiger partial charge in [0.15, 0.2) is 9.84 Å². The Morgan fingerprint density at radius 2 is 1.66 bits per heavy atom. The van der Waals surface area contributed by atoms with E-state index in [-0.39, 0.29) is 23.0 Å². The highest BCUT2D eigenvalue weighted by molar-refractivity contribution is 7.91. The van der Waals surface area contributed by atoms with Crippen LogP contribution in [0.4, 0.5) is 5.69 Å². The minimum absolute atomic E-state index is 0.0499. The maximum absolute atomic E-state index is 12.4. The van der Waals surface area contributed by atoms with E-state index in [1.54, 1.807) is 37.3 Å². The Morgan fingerprint density at radius 3 is 2.25 bits per heavy atom. The molecule has 0 saturated heterocycles. The molecule has 0 bridgehead atoms. The van der Waals surface area contributed by atoms with Gasteiger partial charge >= 0.3 is 0 Å². The molecule has 0 atom stereocenters. The zero-order valence-electron chi connectivity index (χ0n) is 17.8. The van der Waals surface area contributed by atoms with E-state index in [1.807, 2.05) is 12.1 Å². The molecule has 1 amide bonds. The van der Waals surface area contributed by atoms with E-state index in [2.05, 4.69) is 34.5 Å². The maximum Gasteiger partial charge on any atom is 0.228 e. The quantitative estimate of drug-likeness (QED) is 0.539. The van der Waals surface area contributed by atoms with Gasteiger partial charge in [-0.15, -0.1) is 0 Å². The van der Waals surface area contributed by atoms with Gasteiger partial charge < -0.3 is 5.32 Å². The molecule has 4 rings (SSSR count). The maximum atomic E-state index is 12.4. The number of halogens is 1. The van der Waals surface area contributed by atoms with Crippen LogP contribution < -0.4 is 5.32 Å². The topological polar surface area (TPSA) is 66.5 Å². The minimum Gasteiger partial charge on any atom is -0.326 e. The standard InChI is InChI=1S/C25H25ClN2O3S/c1-2-32(30,31)23-11-7-18(8-12-23)13-25(29)27-22-10-9-21(24(26)14-22)17-28-15-19-5-3-4-6-20(19)16-28/h3-12,14H,2,13,15-17H2,1H3,(H,27,29). The summed E-state index contributed by atoms with van der Waals surface area (Å²) in [7, 11) is -3.24. The number of anilines is 1. The average Bonchev–Trinajstić information content (AvgIpc) is 3.18. The summed E-state index contributed by atoms with van der Waals surface area (Å²) in [6.45, 7) is 4.17. The highest BCUT2D eigenvalue weighted by Crippen LogP contribution is 2.28. The van der Waals surface area contributed by atoms with Crippen molar-refractivity contribution in [2.24, 2.45) is 0 Å². The molecule has 3 aromatic carbocycles. The summed E-state index contributed by atoms with van der Waals surface area (Å²) in [5.74, 6) is -0.135. The van der Waals surface area contributed by atoms with E-state index >= 15 is 0 Å². The molecule has 0 aromatic heterocycles. The molecule has 0 radical (unpaired) electrons. The van der Waals surface area contributed by atoms with Crippen LogP contribution in [0.5, 0.6) is 0 Å². The molecule has 0 unspecified atom stereocenters. The Kier molecular flexibility index (Phi) is 6.65. The largest absolute Gasteiger partial charge is 0.326 e. The van der Waals surface area contributed by atoms with Gasteiger partial charge in [0.25, 0.3) is 0 Å². The molecule has 1 aliphatic rings. The fraction of sp³-hybridized carbons (Fsp3) is 0.240. The SMILES string of the molecule is CCS(=O)(=O)c1ccc(CC(=O)Nc2ccc(CN3Cc4ccccc4C3)c(Cl)c2)cc1. The summed E-state index contributed by atoms with van der Waals surface area (Å²) in [4.78, 5) is 15.1. The molecular formula is C25H25ClN2O3S. The Morgan fingerprint density at radius 1 is 1.00 bits per heavy atom. The fourth-order valence-electron chi connectivity index (χ4n) is 3.88. The van der Waals surface area contributed by atoms with E-state index in [0.29, 0.717) is 10.7 Å². The van der Waals surface area contributed by atoms with Gasteiger partial charge in [-0.2, -0.15) is 0 Å². The van der Waals surface area contributed by atoms with Crippen LogP contribution >= 0.6 is 11.6 Å². The molecule has 166 valence electrons. The van der Waals surface area contributed by atoms with Gasteiger partial charge in [0.2, 0.25) is 5.91 Å². The van der Waals surface area contributed by atoms with E-state index in [9.17, 15) is 13.2 Å². The van der Waals surface area contributed by atoms with Gasteiger partial charge in [-0.25, -0.2) is 8.42 Å². The lowest BCUT2D eigenvalue weighted by Gasteiger charge is -2.16. The van der Waals surface area contributed by atoms with Gasteiger partial charge in [-0.3, -0.25) is 9.69 Å². The third-order valence-electron chi connectivity index (χ3n) is 5.66. The van der Waals surface area contributed by atoms with Crippen LogP contribution in [0.2, 0.25) is 5.02 Å². The number of hydrogen-bond donors (Lipinski definition) is 1. The van der Waals surface area contributed by atoms with Crippen molar-refractivity contribution < 1.29 is 13.2 Å². The van der Waals surface area contributed by atoms with Crippen molar-refractivity contribution in [2.45, 2.75) is 37.9 Å². The second-order valence-corrected chi connectivity index (χ2v) is 10.7. The second-order valence-electron chi connectivity index (χ2n) is 7.99. The van der Waals surface area contributed by atoms with Gasteiger partial charge in [-0.1, -0.05) is 61.0 Å². The Bertz CT molecular complexity index is 1220. The number of amides is 1. The Hall–Kier alpha value is -2.67. The number of hydrogen-bond acceptors (Lipinski definition) is 4. The highest BCUT2D eigenvalue weighted by Gasteiger charge is 2.19. The summed E-state index contributed by atoms with van der Waals surface area (Å²) in [6, 6.07) is 20.5. The number of sulfone groups is 1. The predicted molar refractivity (Wildman–Crippen MR) is 127 cm³/mol. The Labute approximate surface area is 193 Å². The van der Waals surface area contributed by atoms with E-state index < -0.39 is 9.84 Å². The molecule has 32 heavy (non-hydrogen) atoms. The van der Waals surface area contributed by atoms with Crippen LogP contribution in [-0.4, -0.2) is 25.0 Å². The van der Waals surface area contributed by atoms with Crippen molar-refractivity contribution in [3.05, 3.63) is 94.0 Å². The first kappa shape index (κ1) is 22.5. The van der Waals surface area contributed by atoms with Gasteiger partial charge in [0.05, 0.1) is 17.1 Å². The predicted octanol–water partition coefficient (Wildman–Crippen LogP) is 4.83. The van der Waals surface area contributed by atoms with Crippen LogP contribution in [0.15, 0.2) is 71.6 Å². The molecule has 0 aliphatic carbocycles. The summed E-state index contributed by atoms with van der Waals surface area (Å²) in [5, 5.41) is 3.49. The normalized spacial score (nSPS) is 13.7. The summed E-state index contributed by atoms with van der Waals surface area (Å²) in [6.07, 6.45) is 0.151. The van der Waals surface area contributed by atoms with Crippen LogP contribution in [0.3, 0.4) is 0 Å². The van der Waals surface area contributed by atoms with Crippen LogP contribution in [0.1, 0.15) is 29.2 Å². The number of nitrogens with zero attached hydrogens (tertiary/aromatic N) is 1. The summed E-state index contributed by atoms with van der Waals surface area (Å²) in [5.41, 5.74) is 5.11. The van der Waals surface area contributed by atoms with Crippen LogP contribution in [0, 0.1) is 0 Å². The molecule has 0 spiro atoms. The molecular weight excluding hydrogens is 444 g/mol. The van der Waals surface area contributed by atoms with Gasteiger partial charge in [-0.05, 0) is 46.5 Å². The highest BCUT2D eigenvalue weighted by atomic mass is 35.5. The lowest BCUT2D eigenvalue weighted by Crippen LogP contribution is -2.17. The molecule has 0 fully saturated rings. The van der Waals surface area contributed by atoms with Crippen LogP contribution in [0.25, 0.3) is 0 Å². The third kappa shape index (κ3) is 5.21. The number of nitrogens with one attached hydrogen (secondary N) is 1. The fourth-order valence-corrected chi connectivity index (χ4v) is 5.01. The number of benzene rings is 3. The second kappa shape index (κ2) is 9.45. The zero-order valence-corrected chi connectivity index (χ0v) is 19.4. The van der Waals surface area contributed by atoms with Crippen molar-refractivity contribution in [2.75, 3.05) is 11.1 Å². The summed E-state index contributed by atoms with van der Waals surface area (Å²) < 4.78 is 23.8. The first-order valence-corrected chi connectivity index (χ1v) is 12.6. The number of fused-ring (bicyclic) bond motifs is 1. The number of rotatable bonds is 7. The average molecular weight is 469 g/mol. The molecule has 1 heterocycles. The Balaban J connectivity index is 1.35. The lowest BCUT2D eigenvalue weighted by atomic mass is 10.1. The van der Waals surface area contributed by atoms with Crippen molar-refractivity contribution >= 4 is 33.0 Å². The van der Waals surface area contributed by atoms with Gasteiger partial charge in [0.1, 0.15) is 0 Å². The van der Waals surface area contributed by atoms with Crippen molar-refractivity contribution in [3.63, 3.8) is 0 Å². The molecule has 7 heteroatoms. The van der Waals surface area contributed by atoms with Crippen LogP contribution in [-0.2, 0) is 40.7 Å². The molecule has 0 saturated carbocycles. The molecule has 1 N–H and O–H groups in total. The van der Waals surface area contributed by atoms with E-state index in [0.717, 1.165) is 30.8 Å². The summed E-state index contributed by atoms with van der Waals surface area (Å²) >= 11 is 6.50. The van der Waals surface area contributed by atoms with Gasteiger partial charge in [0, 0.05) is 30.3 Å². The number of carbonyl (C=O) groups excluding carboxylic acids is 1. The monoisotopic (exact) mass is 468 g/mol. The molecule has 3 aromatic rings. The zero-order chi connectivity index (χ0) is 22.7. The minimum atomic E-state index is -3.24. The first-order valence-electron chi connectivity index (χ1n) is 10.5. The first-order chi connectivity index (χ1) is 15.3. The van der Waals surface area contributed by atoms with Crippen molar-refractivity contribution in [3.8, 4) is 0 Å². The van der Waals surface area contributed by atoms with Crippen molar-refractivity contribution in [1.82, 2.24) is 4.90 Å². The van der Waals surface area contributed by atoms with Crippen molar-refractivity contribution in [1.29, 1.82) is 0 Å².